The maximum Gasteiger partial charge on any atom is 0.293 e. The van der Waals surface area contributed by atoms with Gasteiger partial charge in [-0.25, -0.2) is 0 Å². The molecule has 0 aliphatic carbocycles. The average Bonchev–Trinajstić information content (AvgIpc) is 2.82. The lowest BCUT2D eigenvalue weighted by Crippen LogP contribution is -2.36. The molecule has 1 amide bonds. The quantitative estimate of drug-likeness (QED) is 0.885. The minimum atomic E-state index is -0.246. The van der Waals surface area contributed by atoms with E-state index < -0.39 is 0 Å². The third-order valence-corrected chi connectivity index (χ3v) is 4.07. The van der Waals surface area contributed by atoms with Crippen LogP contribution in [0.5, 0.6) is 5.75 Å². The Bertz CT molecular complexity index is 548. The van der Waals surface area contributed by atoms with E-state index in [0.717, 1.165) is 25.9 Å². The van der Waals surface area contributed by atoms with E-state index >= 15 is 0 Å². The van der Waals surface area contributed by atoms with Crippen molar-refractivity contribution in [3.63, 3.8) is 0 Å². The summed E-state index contributed by atoms with van der Waals surface area (Å²) in [5.74, 6) is 0.148. The molecule has 22 heavy (non-hydrogen) atoms. The van der Waals surface area contributed by atoms with Gasteiger partial charge >= 0.3 is 0 Å². The molecule has 1 aromatic heterocycles. The van der Waals surface area contributed by atoms with Crippen LogP contribution in [0.4, 0.5) is 0 Å². The second kappa shape index (κ2) is 7.98. The van der Waals surface area contributed by atoms with Gasteiger partial charge in [0.1, 0.15) is 0 Å². The highest BCUT2D eigenvalue weighted by Crippen LogP contribution is 2.11. The summed E-state index contributed by atoms with van der Waals surface area (Å²) in [6, 6.07) is 3.23. The molecule has 1 saturated heterocycles. The van der Waals surface area contributed by atoms with E-state index in [1.807, 2.05) is 11.8 Å². The molecule has 1 unspecified atom stereocenters. The number of nitrogens with zero attached hydrogens (tertiary/aromatic N) is 2. The first-order chi connectivity index (χ1) is 10.6. The third kappa shape index (κ3) is 4.10. The Morgan fingerprint density at radius 1 is 1.32 bits per heavy atom. The van der Waals surface area contributed by atoms with Gasteiger partial charge in [-0.05, 0) is 31.9 Å². The van der Waals surface area contributed by atoms with Crippen LogP contribution in [0.1, 0.15) is 38.6 Å². The number of amides is 1. The van der Waals surface area contributed by atoms with Crippen LogP contribution in [0.3, 0.4) is 0 Å². The molecule has 1 aromatic rings. The predicted octanol–water partition coefficient (Wildman–Crippen LogP) is 1.15. The highest BCUT2D eigenvalue weighted by atomic mass is 16.5. The van der Waals surface area contributed by atoms with Gasteiger partial charge in [0, 0.05) is 31.9 Å². The number of carbonyl (C=O) groups is 1. The Hall–Kier alpha value is -1.82. The predicted molar refractivity (Wildman–Crippen MR) is 85.0 cm³/mol. The fourth-order valence-electron chi connectivity index (χ4n) is 2.61. The van der Waals surface area contributed by atoms with E-state index in [4.69, 9.17) is 10.5 Å². The lowest BCUT2D eigenvalue weighted by Gasteiger charge is -2.20. The van der Waals surface area contributed by atoms with Crippen LogP contribution < -0.4 is 16.0 Å². The van der Waals surface area contributed by atoms with E-state index in [2.05, 4.69) is 0 Å². The maximum atomic E-state index is 12.3. The van der Waals surface area contributed by atoms with Gasteiger partial charge in [-0.15, -0.1) is 0 Å². The lowest BCUT2D eigenvalue weighted by molar-refractivity contribution is -0.133. The Labute approximate surface area is 130 Å². The summed E-state index contributed by atoms with van der Waals surface area (Å²) in [5, 5.41) is 0. The van der Waals surface area contributed by atoms with Gasteiger partial charge in [-0.3, -0.25) is 9.59 Å². The number of ether oxygens (including phenoxy) is 1. The van der Waals surface area contributed by atoms with Crippen molar-refractivity contribution in [2.75, 3.05) is 26.2 Å². The Morgan fingerprint density at radius 3 is 2.64 bits per heavy atom. The number of hydrogen-bond donors (Lipinski definition) is 1. The Kier molecular flexibility index (Phi) is 6.00. The molecule has 1 atom stereocenters. The summed E-state index contributed by atoms with van der Waals surface area (Å²) in [5.41, 5.74) is 5.35. The van der Waals surface area contributed by atoms with Gasteiger partial charge in [-0.2, -0.15) is 0 Å². The van der Waals surface area contributed by atoms with Gasteiger partial charge in [0.25, 0.3) is 11.5 Å². The molecule has 122 valence electrons. The third-order valence-electron chi connectivity index (χ3n) is 4.07. The zero-order valence-corrected chi connectivity index (χ0v) is 13.2. The van der Waals surface area contributed by atoms with Crippen LogP contribution in [-0.2, 0) is 4.79 Å². The highest BCUT2D eigenvalue weighted by Gasteiger charge is 2.17. The molecule has 2 rings (SSSR count). The average molecular weight is 307 g/mol. The molecule has 2 heterocycles. The van der Waals surface area contributed by atoms with Crippen molar-refractivity contribution in [1.82, 2.24) is 9.47 Å². The summed E-state index contributed by atoms with van der Waals surface area (Å²) < 4.78 is 7.00. The van der Waals surface area contributed by atoms with Crippen molar-refractivity contribution in [2.24, 2.45) is 5.73 Å². The van der Waals surface area contributed by atoms with Crippen LogP contribution in [-0.4, -0.2) is 41.6 Å². The first kappa shape index (κ1) is 16.5. The molecule has 2 N–H and O–H groups in total. The summed E-state index contributed by atoms with van der Waals surface area (Å²) in [6.45, 7) is 3.72. The second-order valence-corrected chi connectivity index (χ2v) is 5.75. The molecule has 6 heteroatoms. The molecule has 0 spiro atoms. The lowest BCUT2D eigenvalue weighted by atomic mass is 10.2. The normalized spacial score (nSPS) is 16.9. The number of nitrogens with two attached hydrogens (primary N) is 1. The van der Waals surface area contributed by atoms with Gasteiger partial charge in [0.15, 0.2) is 12.4 Å². The molecule has 0 radical (unpaired) electrons. The standard InChI is InChI=1S/C16H25N3O3/c1-13(11-17)19-10-6-7-14(16(19)21)22-12-15(20)18-8-4-2-3-5-9-18/h6-7,10,13H,2-5,8-9,11-12,17H2,1H3. The SMILES string of the molecule is CC(CN)n1cccc(OCC(=O)N2CCCCCC2)c1=O. The monoisotopic (exact) mass is 307 g/mol. The van der Waals surface area contributed by atoms with Gasteiger partial charge < -0.3 is 19.9 Å². The molecule has 0 saturated carbocycles. The van der Waals surface area contributed by atoms with Gasteiger partial charge in [-0.1, -0.05) is 12.8 Å². The molecular formula is C16H25N3O3. The number of pyridine rings is 1. The first-order valence-electron chi connectivity index (χ1n) is 7.95. The van der Waals surface area contributed by atoms with E-state index in [9.17, 15) is 9.59 Å². The number of rotatable bonds is 5. The van der Waals surface area contributed by atoms with Gasteiger partial charge in [0.2, 0.25) is 0 Å². The van der Waals surface area contributed by atoms with Crippen LogP contribution in [0.15, 0.2) is 23.1 Å². The van der Waals surface area contributed by atoms with E-state index in [1.165, 1.54) is 17.4 Å². The number of carbonyl (C=O) groups excluding carboxylic acids is 1. The van der Waals surface area contributed by atoms with E-state index in [0.29, 0.717) is 6.54 Å². The van der Waals surface area contributed by atoms with E-state index in [-0.39, 0.29) is 29.9 Å². The fraction of sp³-hybridized carbons (Fsp3) is 0.625. The van der Waals surface area contributed by atoms with Crippen molar-refractivity contribution in [1.29, 1.82) is 0 Å². The van der Waals surface area contributed by atoms with E-state index in [1.54, 1.807) is 18.3 Å². The zero-order chi connectivity index (χ0) is 15.9. The first-order valence-corrected chi connectivity index (χ1v) is 7.95. The summed E-state index contributed by atoms with van der Waals surface area (Å²) in [4.78, 5) is 26.3. The summed E-state index contributed by atoms with van der Waals surface area (Å²) in [6.07, 6.45) is 6.11. The van der Waals surface area contributed by atoms with Crippen LogP contribution in [0.25, 0.3) is 0 Å². The van der Waals surface area contributed by atoms with Crippen molar-refractivity contribution in [3.8, 4) is 5.75 Å². The minimum Gasteiger partial charge on any atom is -0.478 e. The molecular weight excluding hydrogens is 282 g/mol. The summed E-state index contributed by atoms with van der Waals surface area (Å²) >= 11 is 0. The fourth-order valence-corrected chi connectivity index (χ4v) is 2.61. The Balaban J connectivity index is 1.99. The number of hydrogen-bond acceptors (Lipinski definition) is 4. The maximum absolute atomic E-state index is 12.3. The van der Waals surface area contributed by atoms with Crippen molar-refractivity contribution < 1.29 is 9.53 Å². The van der Waals surface area contributed by atoms with Crippen LogP contribution in [0.2, 0.25) is 0 Å². The van der Waals surface area contributed by atoms with Crippen LogP contribution >= 0.6 is 0 Å². The minimum absolute atomic E-state index is 0.0522. The molecule has 1 fully saturated rings. The van der Waals surface area contributed by atoms with Gasteiger partial charge in [0.05, 0.1) is 0 Å². The second-order valence-electron chi connectivity index (χ2n) is 5.75. The largest absolute Gasteiger partial charge is 0.478 e. The molecule has 6 nitrogen and oxygen atoms in total. The van der Waals surface area contributed by atoms with Crippen LogP contribution in [0, 0.1) is 0 Å². The Morgan fingerprint density at radius 2 is 2.00 bits per heavy atom. The van der Waals surface area contributed by atoms with Crippen molar-refractivity contribution in [2.45, 2.75) is 38.6 Å². The van der Waals surface area contributed by atoms with Crippen molar-refractivity contribution in [3.05, 3.63) is 28.7 Å². The number of aromatic nitrogens is 1. The van der Waals surface area contributed by atoms with Crippen molar-refractivity contribution >= 4 is 5.91 Å². The molecule has 0 aromatic carbocycles. The zero-order valence-electron chi connectivity index (χ0n) is 13.2. The molecule has 0 bridgehead atoms. The molecule has 1 aliphatic rings. The smallest absolute Gasteiger partial charge is 0.293 e. The topological polar surface area (TPSA) is 77.6 Å². The molecule has 1 aliphatic heterocycles. The number of likely N-dealkylation sites (tertiary alicyclic amines) is 1. The summed E-state index contributed by atoms with van der Waals surface area (Å²) in [7, 11) is 0. The highest BCUT2D eigenvalue weighted by molar-refractivity contribution is 5.77.